The molecule has 1 aliphatic heterocycles. The van der Waals surface area contributed by atoms with Gasteiger partial charge in [0.2, 0.25) is 0 Å². The molecule has 2 heterocycles. The van der Waals surface area contributed by atoms with Crippen LogP contribution in [0.2, 0.25) is 0 Å². The van der Waals surface area contributed by atoms with E-state index in [9.17, 15) is 4.79 Å². The fourth-order valence-electron chi connectivity index (χ4n) is 3.03. The van der Waals surface area contributed by atoms with Crippen LogP contribution in [0.1, 0.15) is 64.4 Å². The molecule has 0 aromatic carbocycles. The van der Waals surface area contributed by atoms with Crippen molar-refractivity contribution < 1.29 is 14.3 Å². The Balaban J connectivity index is 1.66. The molecule has 0 spiro atoms. The first-order valence-electron chi connectivity index (χ1n) is 8.98. The van der Waals surface area contributed by atoms with Gasteiger partial charge in [-0.05, 0) is 70.7 Å². The van der Waals surface area contributed by atoms with Gasteiger partial charge in [0.15, 0.2) is 0 Å². The third kappa shape index (κ3) is 6.44. The molecule has 24 heavy (non-hydrogen) atoms. The lowest BCUT2D eigenvalue weighted by Gasteiger charge is -2.34. The first-order valence-corrected chi connectivity index (χ1v) is 9.86. The molecule has 1 saturated heterocycles. The van der Waals surface area contributed by atoms with Crippen LogP contribution in [0, 0.1) is 5.92 Å². The van der Waals surface area contributed by atoms with Crippen molar-refractivity contribution in [2.75, 3.05) is 19.7 Å². The molecule has 1 aromatic rings. The average molecular weight is 354 g/mol. The van der Waals surface area contributed by atoms with Crippen LogP contribution in [0.25, 0.3) is 0 Å². The highest BCUT2D eigenvalue weighted by molar-refractivity contribution is 7.10. The van der Waals surface area contributed by atoms with E-state index in [-0.39, 0.29) is 12.2 Å². The summed E-state index contributed by atoms with van der Waals surface area (Å²) in [5.74, 6) is 0.562. The number of nitrogens with zero attached hydrogens (tertiary/aromatic N) is 1. The number of piperidine rings is 1. The summed E-state index contributed by atoms with van der Waals surface area (Å²) >= 11 is 1.74. The van der Waals surface area contributed by atoms with Gasteiger partial charge in [-0.3, -0.25) is 0 Å². The first kappa shape index (κ1) is 19.3. The van der Waals surface area contributed by atoms with Crippen LogP contribution < -0.4 is 0 Å². The molecule has 1 fully saturated rings. The van der Waals surface area contributed by atoms with Gasteiger partial charge in [0.05, 0.1) is 6.10 Å². The van der Waals surface area contributed by atoms with E-state index in [1.54, 1.807) is 11.3 Å². The molecular weight excluding hydrogens is 322 g/mol. The molecule has 0 N–H and O–H groups in total. The molecule has 0 saturated carbocycles. The summed E-state index contributed by atoms with van der Waals surface area (Å²) in [5.41, 5.74) is -0.421. The largest absolute Gasteiger partial charge is 0.444 e. The smallest absolute Gasteiger partial charge is 0.410 e. The predicted molar refractivity (Wildman–Crippen MR) is 98.5 cm³/mol. The van der Waals surface area contributed by atoms with Gasteiger partial charge in [0.25, 0.3) is 0 Å². The highest BCUT2D eigenvalue weighted by Crippen LogP contribution is 2.25. The number of carbonyl (C=O) groups excluding carboxylic acids is 1. The Morgan fingerprint density at radius 1 is 1.46 bits per heavy atom. The minimum absolute atomic E-state index is 0.172. The molecule has 2 atom stereocenters. The van der Waals surface area contributed by atoms with E-state index in [2.05, 4.69) is 24.4 Å². The van der Waals surface area contributed by atoms with E-state index >= 15 is 0 Å². The number of hydrogen-bond donors (Lipinski definition) is 0. The lowest BCUT2D eigenvalue weighted by molar-refractivity contribution is 0.0149. The van der Waals surface area contributed by atoms with Gasteiger partial charge in [0, 0.05) is 24.6 Å². The van der Waals surface area contributed by atoms with Crippen LogP contribution >= 0.6 is 11.3 Å². The first-order chi connectivity index (χ1) is 11.3. The summed E-state index contributed by atoms with van der Waals surface area (Å²) in [6.07, 6.45) is 4.42. The number of ether oxygens (including phenoxy) is 2. The van der Waals surface area contributed by atoms with E-state index in [0.29, 0.717) is 5.92 Å². The van der Waals surface area contributed by atoms with Gasteiger partial charge in [-0.25, -0.2) is 4.79 Å². The Kier molecular flexibility index (Phi) is 7.11. The quantitative estimate of drug-likeness (QED) is 0.655. The van der Waals surface area contributed by atoms with E-state index < -0.39 is 5.60 Å². The van der Waals surface area contributed by atoms with Gasteiger partial charge in [-0.1, -0.05) is 6.07 Å². The fourth-order valence-corrected chi connectivity index (χ4v) is 3.76. The maximum Gasteiger partial charge on any atom is 0.410 e. The van der Waals surface area contributed by atoms with Crippen LogP contribution in [0.3, 0.4) is 0 Å². The Morgan fingerprint density at radius 2 is 2.25 bits per heavy atom. The maximum absolute atomic E-state index is 12.2. The van der Waals surface area contributed by atoms with Gasteiger partial charge < -0.3 is 14.4 Å². The van der Waals surface area contributed by atoms with Gasteiger partial charge in [-0.15, -0.1) is 11.3 Å². The summed E-state index contributed by atoms with van der Waals surface area (Å²) in [6, 6.07) is 4.18. The van der Waals surface area contributed by atoms with Crippen LogP contribution in [0.4, 0.5) is 4.79 Å². The monoisotopic (exact) mass is 353 g/mol. The average Bonchev–Trinajstić information content (AvgIpc) is 3.04. The zero-order chi connectivity index (χ0) is 17.6. The highest BCUT2D eigenvalue weighted by atomic mass is 32.1. The van der Waals surface area contributed by atoms with Crippen LogP contribution in [-0.2, 0) is 9.47 Å². The Hall–Kier alpha value is -1.07. The third-order valence-electron chi connectivity index (χ3n) is 4.24. The lowest BCUT2D eigenvalue weighted by Crippen LogP contribution is -2.42. The summed E-state index contributed by atoms with van der Waals surface area (Å²) in [5, 5.41) is 2.09. The number of amides is 1. The molecule has 0 bridgehead atoms. The zero-order valence-electron chi connectivity index (χ0n) is 15.4. The second kappa shape index (κ2) is 8.86. The van der Waals surface area contributed by atoms with Gasteiger partial charge in [-0.2, -0.15) is 0 Å². The molecule has 4 nitrogen and oxygen atoms in total. The lowest BCUT2D eigenvalue weighted by atomic mass is 9.94. The molecule has 0 unspecified atom stereocenters. The Morgan fingerprint density at radius 3 is 2.92 bits per heavy atom. The Labute approximate surface area is 150 Å². The molecule has 0 radical (unpaired) electrons. The predicted octanol–water partition coefficient (Wildman–Crippen LogP) is 5.25. The maximum atomic E-state index is 12.2. The van der Waals surface area contributed by atoms with Crippen molar-refractivity contribution in [2.24, 2.45) is 5.92 Å². The van der Waals surface area contributed by atoms with Crippen molar-refractivity contribution >= 4 is 17.4 Å². The van der Waals surface area contributed by atoms with Crippen LogP contribution in [-0.4, -0.2) is 36.3 Å². The minimum Gasteiger partial charge on any atom is -0.444 e. The van der Waals surface area contributed by atoms with Gasteiger partial charge >= 0.3 is 6.09 Å². The molecule has 1 aromatic heterocycles. The van der Waals surface area contributed by atoms with Crippen molar-refractivity contribution in [3.63, 3.8) is 0 Å². The Bertz CT molecular complexity index is 495. The summed E-state index contributed by atoms with van der Waals surface area (Å²) in [7, 11) is 0. The third-order valence-corrected chi connectivity index (χ3v) is 5.27. The van der Waals surface area contributed by atoms with Crippen molar-refractivity contribution in [2.45, 2.75) is 65.1 Å². The zero-order valence-corrected chi connectivity index (χ0v) is 16.2. The number of carbonyl (C=O) groups is 1. The minimum atomic E-state index is -0.421. The topological polar surface area (TPSA) is 38.8 Å². The molecule has 0 aliphatic carbocycles. The van der Waals surface area contributed by atoms with Crippen molar-refractivity contribution in [1.82, 2.24) is 4.90 Å². The number of likely N-dealkylation sites (tertiary alicyclic amines) is 1. The molecule has 1 aliphatic rings. The molecule has 136 valence electrons. The second-order valence-electron chi connectivity index (χ2n) is 7.61. The summed E-state index contributed by atoms with van der Waals surface area (Å²) in [4.78, 5) is 15.3. The molecule has 1 amide bonds. The number of thiophene rings is 1. The fraction of sp³-hybridized carbons (Fsp3) is 0.737. The van der Waals surface area contributed by atoms with E-state index in [0.717, 1.165) is 39.0 Å². The highest BCUT2D eigenvalue weighted by Gasteiger charge is 2.27. The van der Waals surface area contributed by atoms with Gasteiger partial charge in [0.1, 0.15) is 5.60 Å². The standard InChI is InChI=1S/C19H31NO3S/c1-15(17-10-7-13-24-17)22-12-6-9-16-8-5-11-20(14-16)18(21)23-19(2,3)4/h7,10,13,15-16H,5-6,8-9,11-12,14H2,1-4H3/t15-,16+/m1/s1. The molecule has 2 rings (SSSR count). The summed E-state index contributed by atoms with van der Waals surface area (Å²) in [6.45, 7) is 10.3. The van der Waals surface area contributed by atoms with Crippen LogP contribution in [0.15, 0.2) is 17.5 Å². The number of rotatable bonds is 6. The molecule has 5 heteroatoms. The van der Waals surface area contributed by atoms with Crippen molar-refractivity contribution in [1.29, 1.82) is 0 Å². The second-order valence-corrected chi connectivity index (χ2v) is 8.58. The molecular formula is C19H31NO3S. The van der Waals surface area contributed by atoms with E-state index in [1.165, 1.54) is 11.3 Å². The normalized spacial score (nSPS) is 20.0. The SMILES string of the molecule is C[C@@H](OCCC[C@@H]1CCCN(C(=O)OC(C)(C)C)C1)c1cccs1. The van der Waals surface area contributed by atoms with E-state index in [4.69, 9.17) is 9.47 Å². The number of hydrogen-bond acceptors (Lipinski definition) is 4. The van der Waals surface area contributed by atoms with E-state index in [1.807, 2.05) is 25.7 Å². The van der Waals surface area contributed by atoms with Crippen molar-refractivity contribution in [3.8, 4) is 0 Å². The van der Waals surface area contributed by atoms with Crippen molar-refractivity contribution in [3.05, 3.63) is 22.4 Å². The van der Waals surface area contributed by atoms with Crippen LogP contribution in [0.5, 0.6) is 0 Å². The summed E-state index contributed by atoms with van der Waals surface area (Å²) < 4.78 is 11.4.